The largest absolute Gasteiger partial charge is 0.419 e. The zero-order valence-electron chi connectivity index (χ0n) is 14.5. The number of hydrogen-bond donors (Lipinski definition) is 1. The number of ketones is 1. The highest BCUT2D eigenvalue weighted by Gasteiger charge is 2.18. The minimum absolute atomic E-state index is 0.0304. The normalized spacial score (nSPS) is 11.9. The predicted molar refractivity (Wildman–Crippen MR) is 108 cm³/mol. The molecule has 0 bridgehead atoms. The Labute approximate surface area is 167 Å². The van der Waals surface area contributed by atoms with E-state index in [0.717, 1.165) is 4.88 Å². The number of benzene rings is 1. The van der Waals surface area contributed by atoms with Crippen LogP contribution in [0.3, 0.4) is 0 Å². The van der Waals surface area contributed by atoms with Crippen LogP contribution in [0.1, 0.15) is 19.4 Å². The first kappa shape index (κ1) is 18.8. The number of aromatic nitrogens is 1. The van der Waals surface area contributed by atoms with Crippen molar-refractivity contribution in [2.75, 3.05) is 0 Å². The summed E-state index contributed by atoms with van der Waals surface area (Å²) in [6.45, 7) is 0.0626. The number of carbonyl (C=O) groups excluding carboxylic acids is 1. The average Bonchev–Trinajstić information content (AvgIpc) is 3.41. The molecule has 4 rings (SSSR count). The van der Waals surface area contributed by atoms with Gasteiger partial charge in [-0.2, -0.15) is 0 Å². The predicted octanol–water partition coefficient (Wildman–Crippen LogP) is 2.96. The number of sulfonamides is 1. The van der Waals surface area contributed by atoms with Crippen molar-refractivity contribution in [3.63, 3.8) is 0 Å². The van der Waals surface area contributed by atoms with Crippen molar-refractivity contribution in [2.24, 2.45) is 7.05 Å². The summed E-state index contributed by atoms with van der Waals surface area (Å²) in [6.07, 6.45) is 0. The van der Waals surface area contributed by atoms with Crippen LogP contribution in [0.4, 0.5) is 0 Å². The molecule has 0 spiro atoms. The van der Waals surface area contributed by atoms with E-state index in [1.165, 1.54) is 52.5 Å². The molecule has 0 amide bonds. The summed E-state index contributed by atoms with van der Waals surface area (Å²) in [5.74, 6) is -0.625. The molecule has 0 saturated heterocycles. The standard InChI is InChI=1S/C18H14N2O5S3/c1-20-13-9-12(5-6-14(13)25-18(20)22)28(23,24)19-10-11-4-7-16(27-11)17(21)15-3-2-8-26-15/h2-9,19H,10H2,1H3. The van der Waals surface area contributed by atoms with E-state index in [2.05, 4.69) is 4.72 Å². The van der Waals surface area contributed by atoms with Crippen molar-refractivity contribution in [1.82, 2.24) is 9.29 Å². The van der Waals surface area contributed by atoms with Gasteiger partial charge in [-0.3, -0.25) is 9.36 Å². The molecule has 1 aromatic carbocycles. The van der Waals surface area contributed by atoms with Crippen LogP contribution < -0.4 is 10.5 Å². The molecule has 4 aromatic rings. The Balaban J connectivity index is 1.52. The molecule has 0 radical (unpaired) electrons. The quantitative estimate of drug-likeness (QED) is 0.471. The average molecular weight is 435 g/mol. The number of nitrogens with one attached hydrogen (secondary N) is 1. The first-order valence-corrected chi connectivity index (χ1v) is 11.3. The molecule has 0 saturated carbocycles. The number of thiophene rings is 2. The van der Waals surface area contributed by atoms with Crippen LogP contribution >= 0.6 is 22.7 Å². The molecule has 0 fully saturated rings. The van der Waals surface area contributed by atoms with Gasteiger partial charge in [-0.1, -0.05) is 6.07 Å². The SMILES string of the molecule is Cn1c(=O)oc2ccc(S(=O)(=O)NCc3ccc(C(=O)c4cccs4)s3)cc21. The molecule has 0 aliphatic heterocycles. The van der Waals surface area contributed by atoms with Crippen LogP contribution in [0.5, 0.6) is 0 Å². The molecule has 10 heteroatoms. The van der Waals surface area contributed by atoms with Gasteiger partial charge in [-0.15, -0.1) is 22.7 Å². The van der Waals surface area contributed by atoms with Gasteiger partial charge in [0.25, 0.3) is 0 Å². The summed E-state index contributed by atoms with van der Waals surface area (Å²) in [5, 5.41) is 1.84. The van der Waals surface area contributed by atoms with Gasteiger partial charge < -0.3 is 4.42 Å². The molecular formula is C18H14N2O5S3. The molecule has 28 heavy (non-hydrogen) atoms. The van der Waals surface area contributed by atoms with Crippen molar-refractivity contribution in [2.45, 2.75) is 11.4 Å². The second-order valence-electron chi connectivity index (χ2n) is 5.95. The van der Waals surface area contributed by atoms with E-state index in [4.69, 9.17) is 4.42 Å². The van der Waals surface area contributed by atoms with Gasteiger partial charge in [0.2, 0.25) is 15.8 Å². The van der Waals surface area contributed by atoms with Crippen LogP contribution in [-0.2, 0) is 23.6 Å². The third-order valence-electron chi connectivity index (χ3n) is 4.14. The van der Waals surface area contributed by atoms with Gasteiger partial charge in [0, 0.05) is 18.5 Å². The molecule has 0 aliphatic carbocycles. The fourth-order valence-electron chi connectivity index (χ4n) is 2.65. The highest BCUT2D eigenvalue weighted by atomic mass is 32.2. The van der Waals surface area contributed by atoms with Crippen molar-refractivity contribution in [3.05, 3.63) is 73.0 Å². The Kier molecular flexibility index (Phi) is 4.79. The molecule has 144 valence electrons. The Bertz CT molecular complexity index is 1330. The van der Waals surface area contributed by atoms with E-state index in [0.29, 0.717) is 20.9 Å². The van der Waals surface area contributed by atoms with Crippen molar-refractivity contribution in [1.29, 1.82) is 0 Å². The summed E-state index contributed by atoms with van der Waals surface area (Å²) >= 11 is 2.62. The minimum Gasteiger partial charge on any atom is -0.408 e. The lowest BCUT2D eigenvalue weighted by atomic mass is 10.3. The molecule has 0 atom stereocenters. The van der Waals surface area contributed by atoms with E-state index in [1.807, 2.05) is 11.4 Å². The van der Waals surface area contributed by atoms with E-state index >= 15 is 0 Å². The number of hydrogen-bond acceptors (Lipinski definition) is 7. The molecule has 1 N–H and O–H groups in total. The lowest BCUT2D eigenvalue weighted by molar-refractivity contribution is 0.104. The van der Waals surface area contributed by atoms with E-state index in [-0.39, 0.29) is 17.2 Å². The van der Waals surface area contributed by atoms with E-state index in [9.17, 15) is 18.0 Å². The summed E-state index contributed by atoms with van der Waals surface area (Å²) in [7, 11) is -2.29. The van der Waals surface area contributed by atoms with Gasteiger partial charge in [-0.05, 0) is 41.8 Å². The molecule has 0 unspecified atom stereocenters. The fourth-order valence-corrected chi connectivity index (χ4v) is 5.41. The van der Waals surface area contributed by atoms with Crippen molar-refractivity contribution < 1.29 is 17.6 Å². The topological polar surface area (TPSA) is 98.4 Å². The highest BCUT2D eigenvalue weighted by Crippen LogP contribution is 2.23. The van der Waals surface area contributed by atoms with Gasteiger partial charge in [0.15, 0.2) is 5.58 Å². The second kappa shape index (κ2) is 7.13. The third kappa shape index (κ3) is 3.47. The Morgan fingerprint density at radius 2 is 2.00 bits per heavy atom. The van der Waals surface area contributed by atoms with Crippen LogP contribution in [0.15, 0.2) is 62.0 Å². The lowest BCUT2D eigenvalue weighted by Gasteiger charge is -2.06. The van der Waals surface area contributed by atoms with Gasteiger partial charge >= 0.3 is 5.76 Å². The first-order valence-electron chi connectivity index (χ1n) is 8.11. The number of oxazole rings is 1. The maximum absolute atomic E-state index is 12.6. The molecule has 7 nitrogen and oxygen atoms in total. The van der Waals surface area contributed by atoms with Crippen molar-refractivity contribution in [3.8, 4) is 0 Å². The number of rotatable bonds is 6. The van der Waals surface area contributed by atoms with Crippen LogP contribution in [0.25, 0.3) is 11.1 Å². The van der Waals surface area contributed by atoms with Crippen molar-refractivity contribution >= 4 is 49.6 Å². The fraction of sp³-hybridized carbons (Fsp3) is 0.111. The monoisotopic (exact) mass is 434 g/mol. The summed E-state index contributed by atoms with van der Waals surface area (Å²) in [6, 6.07) is 11.2. The molecule has 3 heterocycles. The summed E-state index contributed by atoms with van der Waals surface area (Å²) in [5.41, 5.74) is 0.717. The smallest absolute Gasteiger partial charge is 0.408 e. The van der Waals surface area contributed by atoms with Gasteiger partial charge in [0.05, 0.1) is 20.2 Å². The Hall–Kier alpha value is -2.53. The minimum atomic E-state index is -3.79. The van der Waals surface area contributed by atoms with E-state index in [1.54, 1.807) is 18.2 Å². The van der Waals surface area contributed by atoms with Gasteiger partial charge in [0.1, 0.15) is 0 Å². The molecular weight excluding hydrogens is 420 g/mol. The third-order valence-corrected chi connectivity index (χ3v) is 7.49. The number of fused-ring (bicyclic) bond motifs is 1. The summed E-state index contributed by atoms with van der Waals surface area (Å²) in [4.78, 5) is 25.9. The van der Waals surface area contributed by atoms with Gasteiger partial charge in [-0.25, -0.2) is 17.9 Å². The molecule has 3 aromatic heterocycles. The summed E-state index contributed by atoms with van der Waals surface area (Å²) < 4.78 is 34.0. The Morgan fingerprint density at radius 1 is 1.18 bits per heavy atom. The van der Waals surface area contributed by atoms with Crippen LogP contribution in [0, 0.1) is 0 Å². The maximum atomic E-state index is 12.6. The molecule has 0 aliphatic rings. The zero-order valence-corrected chi connectivity index (χ0v) is 17.0. The lowest BCUT2D eigenvalue weighted by Crippen LogP contribution is -2.22. The van der Waals surface area contributed by atoms with Crippen LogP contribution in [-0.4, -0.2) is 18.8 Å². The zero-order chi connectivity index (χ0) is 19.9. The Morgan fingerprint density at radius 3 is 2.75 bits per heavy atom. The highest BCUT2D eigenvalue weighted by molar-refractivity contribution is 7.89. The first-order chi connectivity index (χ1) is 13.3. The number of aryl methyl sites for hydroxylation is 1. The second-order valence-corrected chi connectivity index (χ2v) is 9.84. The number of carbonyl (C=O) groups is 1. The van der Waals surface area contributed by atoms with E-state index < -0.39 is 15.8 Å². The van der Waals surface area contributed by atoms with Crippen LogP contribution in [0.2, 0.25) is 0 Å². The number of nitrogens with zero attached hydrogens (tertiary/aromatic N) is 1. The maximum Gasteiger partial charge on any atom is 0.419 e.